The van der Waals surface area contributed by atoms with Gasteiger partial charge in [-0.3, -0.25) is 29.0 Å². The maximum atomic E-state index is 13.3. The molecule has 1 rings (SSSR count). The number of hydrogen-bond acceptors (Lipinski definition) is 8. The van der Waals surface area contributed by atoms with E-state index < -0.39 is 72.6 Å². The highest BCUT2D eigenvalue weighted by molar-refractivity contribution is 5.95. The first-order valence-corrected chi connectivity index (χ1v) is 12.3. The normalized spacial score (nSPS) is 13.5. The van der Waals surface area contributed by atoms with Gasteiger partial charge in [0.2, 0.25) is 23.6 Å². The molecule has 0 aromatic heterocycles. The highest BCUT2D eigenvalue weighted by Crippen LogP contribution is 2.08. The Morgan fingerprint density at radius 2 is 1.38 bits per heavy atom. The van der Waals surface area contributed by atoms with E-state index in [-0.39, 0.29) is 38.2 Å². The van der Waals surface area contributed by atoms with Crippen LogP contribution in [0.15, 0.2) is 35.3 Å². The molecule has 0 fully saturated rings. The standard InChI is InChI=1S/C24H36N8O8/c25-14(12-18(26)33)20(36)30-15(7-4-10-29-24(27)28)21(37)32-17(11-13-5-2-1-3-6-13)22(38)31-16(23(39)40)8-9-19(34)35/h1-3,5-6,14-17H,4,7-12,25H2,(H2,26,33)(H,30,36)(H,31,38)(H,32,37)(H,34,35)(H,39,40)(H4,27,28,29). The Bertz CT molecular complexity index is 1080. The van der Waals surface area contributed by atoms with Crippen LogP contribution in [0.1, 0.15) is 37.7 Å². The maximum absolute atomic E-state index is 13.3. The summed E-state index contributed by atoms with van der Waals surface area (Å²) >= 11 is 0. The van der Waals surface area contributed by atoms with Crippen LogP contribution < -0.4 is 38.9 Å². The van der Waals surface area contributed by atoms with E-state index in [4.69, 9.17) is 28.0 Å². The summed E-state index contributed by atoms with van der Waals surface area (Å²) in [5.74, 6) is -6.24. The number of aliphatic carboxylic acids is 2. The SMILES string of the molecule is NC(=O)CC(N)C(=O)NC(CCCN=C(N)N)C(=O)NC(Cc1ccccc1)C(=O)NC(CCC(=O)O)C(=O)O. The number of primary amides is 1. The number of nitrogens with two attached hydrogens (primary N) is 4. The van der Waals surface area contributed by atoms with Gasteiger partial charge in [-0.2, -0.15) is 0 Å². The van der Waals surface area contributed by atoms with Gasteiger partial charge in [0.05, 0.1) is 12.5 Å². The summed E-state index contributed by atoms with van der Waals surface area (Å²) in [5.41, 5.74) is 22.0. The van der Waals surface area contributed by atoms with Crippen LogP contribution in [0.3, 0.4) is 0 Å². The van der Waals surface area contributed by atoms with Crippen LogP contribution in [-0.4, -0.2) is 82.5 Å². The second kappa shape index (κ2) is 17.0. The third kappa shape index (κ3) is 13.2. The lowest BCUT2D eigenvalue weighted by molar-refractivity contribution is -0.143. The molecule has 0 radical (unpaired) electrons. The molecule has 4 atom stereocenters. The Morgan fingerprint density at radius 1 is 0.800 bits per heavy atom. The summed E-state index contributed by atoms with van der Waals surface area (Å²) in [7, 11) is 0. The van der Waals surface area contributed by atoms with Crippen LogP contribution in [0, 0.1) is 0 Å². The fraction of sp³-hybridized carbons (Fsp3) is 0.458. The number of nitrogens with one attached hydrogen (secondary N) is 3. The second-order valence-corrected chi connectivity index (χ2v) is 8.87. The van der Waals surface area contributed by atoms with E-state index in [1.807, 2.05) is 0 Å². The molecule has 0 aliphatic carbocycles. The van der Waals surface area contributed by atoms with Crippen LogP contribution in [0.4, 0.5) is 0 Å². The Labute approximate surface area is 229 Å². The molecule has 0 saturated carbocycles. The van der Waals surface area contributed by atoms with Crippen molar-refractivity contribution in [3.8, 4) is 0 Å². The predicted octanol–water partition coefficient (Wildman–Crippen LogP) is -3.11. The maximum Gasteiger partial charge on any atom is 0.326 e. The van der Waals surface area contributed by atoms with E-state index >= 15 is 0 Å². The molecule has 220 valence electrons. The van der Waals surface area contributed by atoms with E-state index in [0.717, 1.165) is 0 Å². The van der Waals surface area contributed by atoms with Gasteiger partial charge in [-0.1, -0.05) is 30.3 Å². The van der Waals surface area contributed by atoms with Gasteiger partial charge >= 0.3 is 11.9 Å². The third-order valence-corrected chi connectivity index (χ3v) is 5.51. The van der Waals surface area contributed by atoms with Gasteiger partial charge in [-0.05, 0) is 24.8 Å². The van der Waals surface area contributed by atoms with Gasteiger partial charge in [0, 0.05) is 19.4 Å². The Balaban J connectivity index is 3.16. The minimum absolute atomic E-state index is 0.00762. The molecule has 0 aliphatic heterocycles. The minimum atomic E-state index is -1.53. The van der Waals surface area contributed by atoms with Crippen molar-refractivity contribution < 1.29 is 39.0 Å². The lowest BCUT2D eigenvalue weighted by Crippen LogP contribution is -2.57. The molecule has 0 bridgehead atoms. The van der Waals surface area contributed by atoms with Crippen LogP contribution >= 0.6 is 0 Å². The average molecular weight is 565 g/mol. The number of benzene rings is 1. The number of aliphatic imine (C=N–C) groups is 1. The molecule has 40 heavy (non-hydrogen) atoms. The van der Waals surface area contributed by atoms with E-state index in [0.29, 0.717) is 5.56 Å². The molecule has 0 saturated heterocycles. The first kappa shape index (κ1) is 33.3. The van der Waals surface area contributed by atoms with E-state index in [1.165, 1.54) is 0 Å². The zero-order chi connectivity index (χ0) is 30.2. The van der Waals surface area contributed by atoms with E-state index in [1.54, 1.807) is 30.3 Å². The third-order valence-electron chi connectivity index (χ3n) is 5.51. The number of nitrogens with zero attached hydrogens (tertiary/aromatic N) is 1. The number of guanidine groups is 1. The lowest BCUT2D eigenvalue weighted by Gasteiger charge is -2.25. The topological polar surface area (TPSA) is 295 Å². The van der Waals surface area contributed by atoms with Crippen molar-refractivity contribution in [2.24, 2.45) is 27.9 Å². The fourth-order valence-electron chi connectivity index (χ4n) is 3.49. The number of carbonyl (C=O) groups excluding carboxylic acids is 4. The first-order chi connectivity index (χ1) is 18.8. The van der Waals surface area contributed by atoms with Crippen LogP contribution in [0.5, 0.6) is 0 Å². The minimum Gasteiger partial charge on any atom is -0.481 e. The van der Waals surface area contributed by atoms with Crippen molar-refractivity contribution in [3.05, 3.63) is 35.9 Å². The lowest BCUT2D eigenvalue weighted by atomic mass is 10.0. The largest absolute Gasteiger partial charge is 0.481 e. The molecule has 0 heterocycles. The zero-order valence-electron chi connectivity index (χ0n) is 21.7. The summed E-state index contributed by atoms with van der Waals surface area (Å²) in [5, 5.41) is 25.5. The number of rotatable bonds is 18. The number of carboxylic acids is 2. The smallest absolute Gasteiger partial charge is 0.326 e. The fourth-order valence-corrected chi connectivity index (χ4v) is 3.49. The van der Waals surface area contributed by atoms with Gasteiger partial charge in [0.1, 0.15) is 18.1 Å². The number of hydrogen-bond donors (Lipinski definition) is 9. The molecule has 16 heteroatoms. The van der Waals surface area contributed by atoms with Crippen molar-refractivity contribution >= 4 is 41.5 Å². The van der Waals surface area contributed by atoms with Crippen molar-refractivity contribution in [3.63, 3.8) is 0 Å². The molecule has 1 aromatic rings. The van der Waals surface area contributed by atoms with Crippen LogP contribution in [0.2, 0.25) is 0 Å². The molecule has 0 spiro atoms. The van der Waals surface area contributed by atoms with Gasteiger partial charge in [0.25, 0.3) is 0 Å². The van der Waals surface area contributed by atoms with E-state index in [9.17, 15) is 33.9 Å². The molecular weight excluding hydrogens is 528 g/mol. The Kier molecular flexibility index (Phi) is 14.1. The van der Waals surface area contributed by atoms with Gasteiger partial charge in [-0.25, -0.2) is 4.79 Å². The van der Waals surface area contributed by atoms with Gasteiger partial charge in [0.15, 0.2) is 5.96 Å². The summed E-state index contributed by atoms with van der Waals surface area (Å²) in [4.78, 5) is 76.3. The van der Waals surface area contributed by atoms with Crippen LogP contribution in [0.25, 0.3) is 0 Å². The van der Waals surface area contributed by atoms with Gasteiger partial charge in [-0.15, -0.1) is 0 Å². The molecule has 16 nitrogen and oxygen atoms in total. The Hall–Kier alpha value is -4.73. The zero-order valence-corrected chi connectivity index (χ0v) is 21.7. The van der Waals surface area contributed by atoms with Crippen molar-refractivity contribution in [1.82, 2.24) is 16.0 Å². The quantitative estimate of drug-likeness (QED) is 0.0488. The summed E-state index contributed by atoms with van der Waals surface area (Å²) < 4.78 is 0. The average Bonchev–Trinajstić information content (AvgIpc) is 2.87. The number of carbonyl (C=O) groups is 6. The highest BCUT2D eigenvalue weighted by atomic mass is 16.4. The Morgan fingerprint density at radius 3 is 1.93 bits per heavy atom. The molecular formula is C24H36N8O8. The summed E-state index contributed by atoms with van der Waals surface area (Å²) in [6, 6.07) is 3.09. The summed E-state index contributed by atoms with van der Waals surface area (Å²) in [6.45, 7) is 0.118. The number of carboxylic acid groups (broad SMARTS) is 2. The molecule has 4 amide bonds. The molecule has 0 aliphatic rings. The van der Waals surface area contributed by atoms with Crippen molar-refractivity contribution in [2.75, 3.05) is 6.54 Å². The number of amides is 4. The molecule has 13 N–H and O–H groups in total. The summed E-state index contributed by atoms with van der Waals surface area (Å²) in [6.07, 6.45) is -1.19. The monoisotopic (exact) mass is 564 g/mol. The first-order valence-electron chi connectivity index (χ1n) is 12.3. The second-order valence-electron chi connectivity index (χ2n) is 8.87. The van der Waals surface area contributed by atoms with E-state index in [2.05, 4.69) is 20.9 Å². The van der Waals surface area contributed by atoms with Crippen LogP contribution in [-0.2, 0) is 35.2 Å². The highest BCUT2D eigenvalue weighted by Gasteiger charge is 2.31. The predicted molar refractivity (Wildman–Crippen MR) is 142 cm³/mol. The molecule has 1 aromatic carbocycles. The van der Waals surface area contributed by atoms with Crippen molar-refractivity contribution in [2.45, 2.75) is 62.7 Å². The van der Waals surface area contributed by atoms with Gasteiger partial charge < -0.3 is 49.1 Å². The van der Waals surface area contributed by atoms with Crippen molar-refractivity contribution in [1.29, 1.82) is 0 Å². The molecule has 4 unspecified atom stereocenters.